The molecule has 0 unspecified atom stereocenters. The third-order valence-corrected chi connectivity index (χ3v) is 1.79. The van der Waals surface area contributed by atoms with E-state index in [-0.39, 0.29) is 10.8 Å². The molecule has 6 heteroatoms. The number of hydrogen-bond acceptors (Lipinski definition) is 3. The van der Waals surface area contributed by atoms with Crippen molar-refractivity contribution in [3.63, 3.8) is 0 Å². The Bertz CT molecular complexity index is 480. The maximum Gasteiger partial charge on any atom is 0.356 e. The molecule has 0 aromatic carbocycles. The number of hydrogen-bond donors (Lipinski definition) is 2. The summed E-state index contributed by atoms with van der Waals surface area (Å²) in [6.45, 7) is 0. The molecule has 0 atom stereocenters. The van der Waals surface area contributed by atoms with E-state index in [4.69, 9.17) is 16.7 Å². The van der Waals surface area contributed by atoms with Gasteiger partial charge in [0.1, 0.15) is 5.15 Å². The number of fused-ring (bicyclic) bond motifs is 1. The molecular formula is C7H4ClN3O2. The van der Waals surface area contributed by atoms with Gasteiger partial charge >= 0.3 is 5.97 Å². The van der Waals surface area contributed by atoms with Gasteiger partial charge in [-0.15, -0.1) is 0 Å². The van der Waals surface area contributed by atoms with Gasteiger partial charge in [-0.1, -0.05) is 11.6 Å². The lowest BCUT2D eigenvalue weighted by atomic mass is 10.2. The Kier molecular flexibility index (Phi) is 1.66. The van der Waals surface area contributed by atoms with Crippen molar-refractivity contribution in [1.29, 1.82) is 0 Å². The van der Waals surface area contributed by atoms with Crippen LogP contribution in [-0.4, -0.2) is 26.3 Å². The standard InChI is InChI=1S/C7H4ClN3O2/c8-4-1-3-2-9-11-5(3)6(10-4)7(12)13/h1-2H,(H,9,11)(H,12,13). The highest BCUT2D eigenvalue weighted by Gasteiger charge is 2.12. The second kappa shape index (κ2) is 2.70. The fourth-order valence-electron chi connectivity index (χ4n) is 1.07. The number of H-pyrrole nitrogens is 1. The van der Waals surface area contributed by atoms with Crippen LogP contribution in [0, 0.1) is 0 Å². The number of carboxylic acid groups (broad SMARTS) is 1. The second-order valence-corrected chi connectivity index (χ2v) is 2.82. The first-order chi connectivity index (χ1) is 6.18. The van der Waals surface area contributed by atoms with Crippen LogP contribution in [0.2, 0.25) is 5.15 Å². The highest BCUT2D eigenvalue weighted by molar-refractivity contribution is 6.30. The molecule has 0 saturated carbocycles. The smallest absolute Gasteiger partial charge is 0.356 e. The largest absolute Gasteiger partial charge is 0.476 e. The molecule has 0 saturated heterocycles. The van der Waals surface area contributed by atoms with E-state index in [1.165, 1.54) is 6.20 Å². The van der Waals surface area contributed by atoms with Crippen LogP contribution >= 0.6 is 11.6 Å². The lowest BCUT2D eigenvalue weighted by Gasteiger charge is -1.96. The predicted octanol–water partition coefficient (Wildman–Crippen LogP) is 1.31. The van der Waals surface area contributed by atoms with Crippen molar-refractivity contribution in [2.24, 2.45) is 0 Å². The Hall–Kier alpha value is -1.62. The molecule has 13 heavy (non-hydrogen) atoms. The summed E-state index contributed by atoms with van der Waals surface area (Å²) in [6.07, 6.45) is 1.50. The molecule has 2 rings (SSSR count). The minimum Gasteiger partial charge on any atom is -0.476 e. The first kappa shape index (κ1) is 8.00. The van der Waals surface area contributed by atoms with E-state index in [1.807, 2.05) is 0 Å². The molecule has 0 radical (unpaired) electrons. The average Bonchev–Trinajstić information content (AvgIpc) is 2.49. The summed E-state index contributed by atoms with van der Waals surface area (Å²) in [6, 6.07) is 1.55. The van der Waals surface area contributed by atoms with Crippen molar-refractivity contribution >= 4 is 28.5 Å². The topological polar surface area (TPSA) is 78.9 Å². The highest BCUT2D eigenvalue weighted by Crippen LogP contribution is 2.18. The third-order valence-electron chi connectivity index (χ3n) is 1.60. The summed E-state index contributed by atoms with van der Waals surface area (Å²) in [5.74, 6) is -1.13. The van der Waals surface area contributed by atoms with Crippen LogP contribution in [0.25, 0.3) is 10.9 Å². The van der Waals surface area contributed by atoms with Gasteiger partial charge in [0.2, 0.25) is 0 Å². The van der Waals surface area contributed by atoms with E-state index in [0.717, 1.165) is 0 Å². The molecule has 0 aliphatic rings. The molecule has 0 fully saturated rings. The Morgan fingerprint density at radius 2 is 2.38 bits per heavy atom. The summed E-state index contributed by atoms with van der Waals surface area (Å²) in [5, 5.41) is 15.8. The van der Waals surface area contributed by atoms with E-state index >= 15 is 0 Å². The van der Waals surface area contributed by atoms with Gasteiger partial charge in [-0.05, 0) is 6.07 Å². The van der Waals surface area contributed by atoms with E-state index in [9.17, 15) is 4.79 Å². The SMILES string of the molecule is O=C(O)c1nc(Cl)cc2cn[nH]c12. The highest BCUT2D eigenvalue weighted by atomic mass is 35.5. The number of aromatic amines is 1. The van der Waals surface area contributed by atoms with E-state index in [0.29, 0.717) is 10.9 Å². The second-order valence-electron chi connectivity index (χ2n) is 2.43. The maximum absolute atomic E-state index is 10.7. The molecule has 2 aromatic heterocycles. The van der Waals surface area contributed by atoms with Gasteiger partial charge in [-0.2, -0.15) is 5.10 Å². The number of aromatic carboxylic acids is 1. The maximum atomic E-state index is 10.7. The van der Waals surface area contributed by atoms with Crippen LogP contribution in [0.4, 0.5) is 0 Å². The van der Waals surface area contributed by atoms with E-state index < -0.39 is 5.97 Å². The van der Waals surface area contributed by atoms with Crippen LogP contribution in [0.3, 0.4) is 0 Å². The molecule has 0 aliphatic heterocycles. The van der Waals surface area contributed by atoms with E-state index in [1.54, 1.807) is 6.07 Å². The number of aromatic nitrogens is 3. The Morgan fingerprint density at radius 1 is 1.62 bits per heavy atom. The lowest BCUT2D eigenvalue weighted by Crippen LogP contribution is -2.01. The van der Waals surface area contributed by atoms with Gasteiger partial charge in [-0.3, -0.25) is 5.10 Å². The number of nitrogens with zero attached hydrogens (tertiary/aromatic N) is 2. The lowest BCUT2D eigenvalue weighted by molar-refractivity contribution is 0.0692. The van der Waals surface area contributed by atoms with Crippen molar-refractivity contribution in [3.8, 4) is 0 Å². The summed E-state index contributed by atoms with van der Waals surface area (Å²) in [4.78, 5) is 14.4. The Labute approximate surface area is 77.4 Å². The monoisotopic (exact) mass is 197 g/mol. The fraction of sp³-hybridized carbons (Fsp3) is 0. The van der Waals surface area contributed by atoms with Gasteiger partial charge in [0.15, 0.2) is 5.69 Å². The van der Waals surface area contributed by atoms with Gasteiger partial charge in [0.25, 0.3) is 0 Å². The van der Waals surface area contributed by atoms with Crippen LogP contribution in [0.15, 0.2) is 12.3 Å². The molecule has 0 spiro atoms. The quantitative estimate of drug-likeness (QED) is 0.676. The first-order valence-electron chi connectivity index (χ1n) is 3.41. The first-order valence-corrected chi connectivity index (χ1v) is 3.79. The van der Waals surface area contributed by atoms with Crippen molar-refractivity contribution < 1.29 is 9.90 Å². The van der Waals surface area contributed by atoms with Crippen LogP contribution in [-0.2, 0) is 0 Å². The van der Waals surface area contributed by atoms with Crippen molar-refractivity contribution in [2.45, 2.75) is 0 Å². The number of rotatable bonds is 1. The minimum absolute atomic E-state index is 0.111. The van der Waals surface area contributed by atoms with Crippen molar-refractivity contribution in [1.82, 2.24) is 15.2 Å². The van der Waals surface area contributed by atoms with Crippen molar-refractivity contribution in [2.75, 3.05) is 0 Å². The van der Waals surface area contributed by atoms with Crippen LogP contribution < -0.4 is 0 Å². The zero-order chi connectivity index (χ0) is 9.42. The van der Waals surface area contributed by atoms with Crippen LogP contribution in [0.1, 0.15) is 10.5 Å². The van der Waals surface area contributed by atoms with Crippen molar-refractivity contribution in [3.05, 3.63) is 23.1 Å². The Morgan fingerprint density at radius 3 is 3.08 bits per heavy atom. The van der Waals surface area contributed by atoms with Gasteiger partial charge in [0.05, 0.1) is 11.7 Å². The van der Waals surface area contributed by atoms with Crippen LogP contribution in [0.5, 0.6) is 0 Å². The zero-order valence-electron chi connectivity index (χ0n) is 6.28. The number of halogens is 1. The third kappa shape index (κ3) is 1.23. The molecule has 2 heterocycles. The van der Waals surface area contributed by atoms with E-state index in [2.05, 4.69) is 15.2 Å². The summed E-state index contributed by atoms with van der Waals surface area (Å²) >= 11 is 5.61. The summed E-state index contributed by atoms with van der Waals surface area (Å²) < 4.78 is 0. The number of nitrogens with one attached hydrogen (secondary N) is 1. The molecule has 0 aliphatic carbocycles. The Balaban J connectivity index is 2.84. The molecule has 5 nitrogen and oxygen atoms in total. The fourth-order valence-corrected chi connectivity index (χ4v) is 1.27. The number of pyridine rings is 1. The average molecular weight is 198 g/mol. The van der Waals surface area contributed by atoms with Gasteiger partial charge < -0.3 is 5.11 Å². The summed E-state index contributed by atoms with van der Waals surface area (Å²) in [7, 11) is 0. The molecular weight excluding hydrogens is 194 g/mol. The predicted molar refractivity (Wildman–Crippen MR) is 45.9 cm³/mol. The molecule has 2 aromatic rings. The van der Waals surface area contributed by atoms with Gasteiger partial charge in [0, 0.05) is 5.39 Å². The molecule has 0 bridgehead atoms. The zero-order valence-corrected chi connectivity index (χ0v) is 7.04. The number of carbonyl (C=O) groups is 1. The number of carboxylic acids is 1. The minimum atomic E-state index is -1.13. The normalized spacial score (nSPS) is 10.5. The molecule has 0 amide bonds. The summed E-state index contributed by atoms with van der Waals surface area (Å²) in [5.41, 5.74) is 0.275. The molecule has 66 valence electrons. The molecule has 2 N–H and O–H groups in total. The van der Waals surface area contributed by atoms with Gasteiger partial charge in [-0.25, -0.2) is 9.78 Å².